The summed E-state index contributed by atoms with van der Waals surface area (Å²) in [5.41, 5.74) is 4.23. The minimum Gasteiger partial charge on any atom is -0.335 e. The van der Waals surface area contributed by atoms with E-state index in [1.54, 1.807) is 0 Å². The van der Waals surface area contributed by atoms with Gasteiger partial charge in [-0.2, -0.15) is 0 Å². The van der Waals surface area contributed by atoms with Crippen LogP contribution in [0.25, 0.3) is 22.2 Å². The molecule has 0 saturated carbocycles. The summed E-state index contributed by atoms with van der Waals surface area (Å²) in [6, 6.07) is 28.1. The fourth-order valence-electron chi connectivity index (χ4n) is 3.38. The van der Waals surface area contributed by atoms with Gasteiger partial charge in [0, 0.05) is 23.0 Å². The van der Waals surface area contributed by atoms with Crippen LogP contribution in [-0.4, -0.2) is 18.1 Å². The number of benzene rings is 3. The average Bonchev–Trinajstić information content (AvgIpc) is 2.98. The maximum atomic E-state index is 12.3. The van der Waals surface area contributed by atoms with Crippen LogP contribution in [0, 0.1) is 0 Å². The lowest BCUT2D eigenvalue weighted by Crippen LogP contribution is -2.05. The average molecular weight is 321 g/mol. The third-order valence-electron chi connectivity index (χ3n) is 4.45. The molecule has 0 N–H and O–H groups in total. The minimum atomic E-state index is -0.401. The lowest BCUT2D eigenvalue weighted by Gasteiger charge is -2.12. The second kappa shape index (κ2) is 6.44. The Labute approximate surface area is 148 Å². The Bertz CT molecular complexity index is 1040. The molecule has 0 amide bonds. The van der Waals surface area contributed by atoms with Crippen LogP contribution in [0.3, 0.4) is 0 Å². The van der Waals surface area contributed by atoms with Crippen molar-refractivity contribution in [1.29, 1.82) is 0 Å². The van der Waals surface area contributed by atoms with Crippen molar-refractivity contribution in [2.75, 3.05) is 0 Å². The standard InChI is InChI=1S/C22H16BNO/c23-22(25)20-18-13-7-8-14-19(18)24(15-16-9-3-1-4-10-16)21(20)17-11-5-2-6-12-17/h1-14H,15H2. The van der Waals surface area contributed by atoms with Gasteiger partial charge in [0.15, 0.2) is 7.85 Å². The predicted molar refractivity (Wildman–Crippen MR) is 103 cm³/mol. The molecule has 4 rings (SSSR count). The van der Waals surface area contributed by atoms with Crippen molar-refractivity contribution < 1.29 is 4.79 Å². The summed E-state index contributed by atoms with van der Waals surface area (Å²) in [6.45, 7) is 0.679. The largest absolute Gasteiger partial charge is 0.335 e. The first kappa shape index (κ1) is 15.5. The highest BCUT2D eigenvalue weighted by Crippen LogP contribution is 2.34. The van der Waals surface area contributed by atoms with E-state index in [0.717, 1.165) is 22.2 Å². The molecule has 2 radical (unpaired) electrons. The van der Waals surface area contributed by atoms with Crippen LogP contribution in [-0.2, 0) is 6.54 Å². The Kier molecular flexibility index (Phi) is 3.98. The third kappa shape index (κ3) is 2.78. The van der Waals surface area contributed by atoms with Gasteiger partial charge in [0.05, 0.1) is 5.69 Å². The van der Waals surface area contributed by atoms with Crippen LogP contribution >= 0.6 is 0 Å². The minimum absolute atomic E-state index is 0.401. The molecule has 2 nitrogen and oxygen atoms in total. The number of aromatic nitrogens is 1. The van der Waals surface area contributed by atoms with Gasteiger partial charge in [0.2, 0.25) is 0 Å². The first-order valence-corrected chi connectivity index (χ1v) is 8.26. The molecule has 0 aliphatic heterocycles. The van der Waals surface area contributed by atoms with Crippen LogP contribution in [0.1, 0.15) is 15.9 Å². The molecule has 25 heavy (non-hydrogen) atoms. The van der Waals surface area contributed by atoms with Crippen molar-refractivity contribution in [3.63, 3.8) is 0 Å². The van der Waals surface area contributed by atoms with Gasteiger partial charge in [-0.3, -0.25) is 0 Å². The number of para-hydroxylation sites is 1. The lowest BCUT2D eigenvalue weighted by molar-refractivity contribution is 0.108. The topological polar surface area (TPSA) is 22.0 Å². The number of fused-ring (bicyclic) bond motifs is 1. The first-order chi connectivity index (χ1) is 12.3. The molecule has 0 atom stereocenters. The highest BCUT2D eigenvalue weighted by molar-refractivity contribution is 6.64. The van der Waals surface area contributed by atoms with E-state index in [4.69, 9.17) is 7.85 Å². The van der Waals surface area contributed by atoms with Gasteiger partial charge in [-0.15, -0.1) is 0 Å². The number of carbonyl (C=O) groups excluding carboxylic acids is 1. The lowest BCUT2D eigenvalue weighted by atomic mass is 9.90. The van der Waals surface area contributed by atoms with Crippen molar-refractivity contribution in [2.24, 2.45) is 0 Å². The van der Waals surface area contributed by atoms with Gasteiger partial charge < -0.3 is 9.36 Å². The Morgan fingerprint density at radius 3 is 2.08 bits per heavy atom. The number of rotatable bonds is 4. The zero-order valence-corrected chi connectivity index (χ0v) is 13.7. The number of hydrogen-bond donors (Lipinski definition) is 0. The first-order valence-electron chi connectivity index (χ1n) is 8.26. The zero-order valence-electron chi connectivity index (χ0n) is 13.7. The summed E-state index contributed by atoms with van der Waals surface area (Å²) in [4.78, 5) is 12.3. The molecule has 0 spiro atoms. The fraction of sp³-hybridized carbons (Fsp3) is 0.0455. The molecular weight excluding hydrogens is 305 g/mol. The van der Waals surface area contributed by atoms with E-state index in [9.17, 15) is 4.79 Å². The van der Waals surface area contributed by atoms with E-state index in [2.05, 4.69) is 16.7 Å². The van der Waals surface area contributed by atoms with Crippen LogP contribution in [0.5, 0.6) is 0 Å². The fourth-order valence-corrected chi connectivity index (χ4v) is 3.38. The molecular formula is C22H16BNO. The number of hydrogen-bond acceptors (Lipinski definition) is 1. The zero-order chi connectivity index (χ0) is 17.2. The van der Waals surface area contributed by atoms with Crippen LogP contribution in [0.2, 0.25) is 0 Å². The molecule has 0 bridgehead atoms. The Morgan fingerprint density at radius 2 is 1.40 bits per heavy atom. The predicted octanol–water partition coefficient (Wildman–Crippen LogP) is 4.67. The molecule has 3 aromatic carbocycles. The summed E-state index contributed by atoms with van der Waals surface area (Å²) < 4.78 is 2.18. The Morgan fingerprint density at radius 1 is 0.800 bits per heavy atom. The van der Waals surface area contributed by atoms with Gasteiger partial charge in [-0.25, -0.2) is 0 Å². The second-order valence-electron chi connectivity index (χ2n) is 6.04. The number of carbonyl (C=O) groups is 1. The van der Waals surface area contributed by atoms with Crippen LogP contribution < -0.4 is 0 Å². The Hall–Kier alpha value is -3.07. The molecule has 1 heterocycles. The van der Waals surface area contributed by atoms with Gasteiger partial charge >= 0.3 is 0 Å². The van der Waals surface area contributed by atoms with Crippen molar-refractivity contribution in [3.8, 4) is 11.3 Å². The van der Waals surface area contributed by atoms with E-state index >= 15 is 0 Å². The molecule has 0 aliphatic carbocycles. The Balaban J connectivity index is 2.04. The second-order valence-corrected chi connectivity index (χ2v) is 6.04. The van der Waals surface area contributed by atoms with Gasteiger partial charge in [-0.05, 0) is 17.2 Å². The highest BCUT2D eigenvalue weighted by atomic mass is 16.1. The van der Waals surface area contributed by atoms with Crippen LogP contribution in [0.15, 0.2) is 84.9 Å². The van der Waals surface area contributed by atoms with E-state index in [1.807, 2.05) is 72.8 Å². The quantitative estimate of drug-likeness (QED) is 0.501. The van der Waals surface area contributed by atoms with E-state index in [-0.39, 0.29) is 0 Å². The SMILES string of the molecule is [B]C(=O)c1c(-c2ccccc2)n(Cc2ccccc2)c2ccccc12. The van der Waals surface area contributed by atoms with Crippen LogP contribution in [0.4, 0.5) is 0 Å². The summed E-state index contributed by atoms with van der Waals surface area (Å²) in [6.07, 6.45) is 0. The maximum Gasteiger partial charge on any atom is 0.175 e. The molecule has 4 aromatic rings. The molecule has 0 saturated heterocycles. The van der Waals surface area contributed by atoms with Crippen molar-refractivity contribution in [1.82, 2.24) is 4.57 Å². The molecule has 0 unspecified atom stereocenters. The summed E-state index contributed by atoms with van der Waals surface area (Å²) in [7, 11) is 5.77. The van der Waals surface area contributed by atoms with E-state index in [1.165, 1.54) is 5.56 Å². The number of nitrogens with zero attached hydrogens (tertiary/aromatic N) is 1. The maximum absolute atomic E-state index is 12.3. The van der Waals surface area contributed by atoms with Crippen molar-refractivity contribution in [3.05, 3.63) is 96.1 Å². The molecule has 0 aliphatic rings. The normalized spacial score (nSPS) is 10.9. The van der Waals surface area contributed by atoms with Gasteiger partial charge in [0.1, 0.15) is 5.68 Å². The van der Waals surface area contributed by atoms with Gasteiger partial charge in [-0.1, -0.05) is 78.9 Å². The molecule has 118 valence electrons. The van der Waals surface area contributed by atoms with E-state index < -0.39 is 5.68 Å². The monoisotopic (exact) mass is 321 g/mol. The van der Waals surface area contributed by atoms with Gasteiger partial charge in [0.25, 0.3) is 0 Å². The third-order valence-corrected chi connectivity index (χ3v) is 4.45. The van der Waals surface area contributed by atoms with Crippen molar-refractivity contribution in [2.45, 2.75) is 6.54 Å². The van der Waals surface area contributed by atoms with E-state index in [0.29, 0.717) is 12.1 Å². The molecule has 0 fully saturated rings. The molecule has 1 aromatic heterocycles. The highest BCUT2D eigenvalue weighted by Gasteiger charge is 2.20. The summed E-state index contributed by atoms with van der Waals surface area (Å²) >= 11 is 0. The summed E-state index contributed by atoms with van der Waals surface area (Å²) in [5.74, 6) is 0. The van der Waals surface area contributed by atoms with Crippen molar-refractivity contribution >= 4 is 24.4 Å². The smallest absolute Gasteiger partial charge is 0.175 e. The molecule has 3 heteroatoms. The summed E-state index contributed by atoms with van der Waals surface area (Å²) in [5, 5.41) is 0.893.